The molecule has 0 unspecified atom stereocenters. The summed E-state index contributed by atoms with van der Waals surface area (Å²) in [7, 11) is 1.56. The lowest BCUT2D eigenvalue weighted by Gasteiger charge is -2.08. The fraction of sp³-hybridized carbons (Fsp3) is 0.182. The van der Waals surface area contributed by atoms with Crippen molar-refractivity contribution in [2.75, 3.05) is 12.0 Å². The molecule has 0 bridgehead atoms. The van der Waals surface area contributed by atoms with E-state index >= 15 is 0 Å². The van der Waals surface area contributed by atoms with Gasteiger partial charge in [-0.1, -0.05) is 28.1 Å². The number of hydrogen-bond donors (Lipinski definition) is 2. The van der Waals surface area contributed by atoms with Crippen LogP contribution in [-0.4, -0.2) is 31.9 Å². The molecule has 2 aromatic heterocycles. The third kappa shape index (κ3) is 4.50. The monoisotopic (exact) mass is 496 g/mol. The first-order valence-corrected chi connectivity index (χ1v) is 10.7. The second kappa shape index (κ2) is 9.23. The number of benzene rings is 2. The Morgan fingerprint density at radius 3 is 2.56 bits per heavy atom. The van der Waals surface area contributed by atoms with Crippen LogP contribution in [-0.2, 0) is 13.6 Å². The van der Waals surface area contributed by atoms with Gasteiger partial charge >= 0.3 is 5.69 Å². The minimum Gasteiger partial charge on any atom is -0.494 e. The molecule has 0 amide bonds. The fourth-order valence-corrected chi connectivity index (χ4v) is 3.49. The van der Waals surface area contributed by atoms with Gasteiger partial charge in [0.15, 0.2) is 11.2 Å². The molecule has 10 heteroatoms. The third-order valence-electron chi connectivity index (χ3n) is 4.83. The molecular weight excluding hydrogens is 476 g/mol. The van der Waals surface area contributed by atoms with E-state index in [4.69, 9.17) is 4.74 Å². The molecule has 0 aliphatic rings. The maximum Gasteiger partial charge on any atom is 0.329 e. The van der Waals surface area contributed by atoms with Gasteiger partial charge in [-0.15, -0.1) is 0 Å². The lowest BCUT2D eigenvalue weighted by molar-refractivity contribution is 0.340. The van der Waals surface area contributed by atoms with Gasteiger partial charge in [0.1, 0.15) is 5.75 Å². The third-order valence-corrected chi connectivity index (χ3v) is 5.36. The van der Waals surface area contributed by atoms with Gasteiger partial charge in [-0.05, 0) is 54.4 Å². The van der Waals surface area contributed by atoms with Crippen LogP contribution in [0.25, 0.3) is 11.2 Å². The lowest BCUT2D eigenvalue weighted by Crippen LogP contribution is -2.29. The highest BCUT2D eigenvalue weighted by Crippen LogP contribution is 2.19. The van der Waals surface area contributed by atoms with Gasteiger partial charge in [-0.2, -0.15) is 10.1 Å². The number of fused-ring (bicyclic) bond motifs is 1. The molecule has 2 heterocycles. The molecule has 0 radical (unpaired) electrons. The number of hydrazone groups is 1. The van der Waals surface area contributed by atoms with Crippen molar-refractivity contribution in [3.05, 3.63) is 85.0 Å². The van der Waals surface area contributed by atoms with E-state index < -0.39 is 11.2 Å². The number of aromatic nitrogens is 4. The van der Waals surface area contributed by atoms with E-state index in [9.17, 15) is 9.59 Å². The minimum absolute atomic E-state index is 0.273. The molecule has 0 aliphatic carbocycles. The summed E-state index contributed by atoms with van der Waals surface area (Å²) in [5.41, 5.74) is 4.26. The van der Waals surface area contributed by atoms with Gasteiger partial charge in [0, 0.05) is 11.5 Å². The standard InChI is InChI=1S/C22H21BrN6O3/c1-3-32-17-10-6-14(7-11-17)12-24-27-21-25-19-18(20(30)26-22(31)28(19)2)29(21)13-15-4-8-16(23)9-5-15/h4-12H,3,13H2,1-2H3,(H,25,27)(H,26,30,31)/b24-12-. The number of rotatable bonds is 7. The second-order valence-corrected chi connectivity index (χ2v) is 7.93. The van der Waals surface area contributed by atoms with Crippen LogP contribution in [0, 0.1) is 0 Å². The Morgan fingerprint density at radius 1 is 1.16 bits per heavy atom. The molecule has 0 saturated heterocycles. The van der Waals surface area contributed by atoms with Crippen molar-refractivity contribution < 1.29 is 4.74 Å². The highest BCUT2D eigenvalue weighted by atomic mass is 79.9. The molecular formula is C22H21BrN6O3. The second-order valence-electron chi connectivity index (χ2n) is 7.01. The Bertz CT molecular complexity index is 1380. The van der Waals surface area contributed by atoms with Crippen LogP contribution in [0.5, 0.6) is 5.75 Å². The Balaban J connectivity index is 1.70. The van der Waals surface area contributed by atoms with E-state index in [-0.39, 0.29) is 11.2 Å². The van der Waals surface area contributed by atoms with Crippen LogP contribution in [0.15, 0.2) is 67.7 Å². The van der Waals surface area contributed by atoms with E-state index in [0.29, 0.717) is 19.1 Å². The number of aromatic amines is 1. The van der Waals surface area contributed by atoms with E-state index in [2.05, 4.69) is 36.4 Å². The molecule has 0 spiro atoms. The average molecular weight is 497 g/mol. The number of H-pyrrole nitrogens is 1. The van der Waals surface area contributed by atoms with Crippen LogP contribution >= 0.6 is 15.9 Å². The summed E-state index contributed by atoms with van der Waals surface area (Å²) in [5.74, 6) is 1.13. The summed E-state index contributed by atoms with van der Waals surface area (Å²) < 4.78 is 9.40. The summed E-state index contributed by atoms with van der Waals surface area (Å²) in [4.78, 5) is 31.4. The Labute approximate surface area is 191 Å². The average Bonchev–Trinajstić information content (AvgIpc) is 3.14. The zero-order valence-electron chi connectivity index (χ0n) is 17.5. The molecule has 0 saturated carbocycles. The molecule has 2 N–H and O–H groups in total. The van der Waals surface area contributed by atoms with Crippen molar-refractivity contribution in [3.8, 4) is 5.75 Å². The van der Waals surface area contributed by atoms with Crippen LogP contribution in [0.2, 0.25) is 0 Å². The van der Waals surface area contributed by atoms with E-state index in [1.807, 2.05) is 55.5 Å². The quantitative estimate of drug-likeness (QED) is 0.302. The zero-order chi connectivity index (χ0) is 22.7. The number of halogens is 1. The first-order chi connectivity index (χ1) is 15.5. The van der Waals surface area contributed by atoms with Crippen molar-refractivity contribution >= 4 is 39.3 Å². The topological polar surface area (TPSA) is 106 Å². The molecule has 4 rings (SSSR count). The zero-order valence-corrected chi connectivity index (χ0v) is 19.1. The van der Waals surface area contributed by atoms with Crippen LogP contribution in [0.1, 0.15) is 18.1 Å². The summed E-state index contributed by atoms with van der Waals surface area (Å²) in [5, 5.41) is 4.27. The number of ether oxygens (including phenoxy) is 1. The number of anilines is 1. The number of hydrogen-bond acceptors (Lipinski definition) is 6. The molecule has 0 aliphatic heterocycles. The smallest absolute Gasteiger partial charge is 0.329 e. The van der Waals surface area contributed by atoms with Crippen LogP contribution in [0.3, 0.4) is 0 Å². The van der Waals surface area contributed by atoms with E-state index in [1.54, 1.807) is 17.8 Å². The highest BCUT2D eigenvalue weighted by molar-refractivity contribution is 9.10. The van der Waals surface area contributed by atoms with Crippen LogP contribution < -0.4 is 21.4 Å². The molecule has 32 heavy (non-hydrogen) atoms. The summed E-state index contributed by atoms with van der Waals surface area (Å²) in [6.45, 7) is 2.90. The van der Waals surface area contributed by atoms with Crippen molar-refractivity contribution in [1.82, 2.24) is 19.1 Å². The van der Waals surface area contributed by atoms with E-state index in [1.165, 1.54) is 4.57 Å². The van der Waals surface area contributed by atoms with Gasteiger partial charge in [-0.3, -0.25) is 18.9 Å². The van der Waals surface area contributed by atoms with Gasteiger partial charge < -0.3 is 4.74 Å². The maximum atomic E-state index is 12.6. The summed E-state index contributed by atoms with van der Waals surface area (Å²) in [6, 6.07) is 15.2. The van der Waals surface area contributed by atoms with E-state index in [0.717, 1.165) is 21.3 Å². The Hall–Kier alpha value is -3.66. The predicted molar refractivity (Wildman–Crippen MR) is 128 cm³/mol. The first-order valence-electron chi connectivity index (χ1n) is 9.92. The van der Waals surface area contributed by atoms with Gasteiger partial charge in [-0.25, -0.2) is 10.2 Å². The molecule has 0 fully saturated rings. The van der Waals surface area contributed by atoms with Crippen molar-refractivity contribution in [1.29, 1.82) is 0 Å². The largest absolute Gasteiger partial charge is 0.494 e. The van der Waals surface area contributed by atoms with Crippen molar-refractivity contribution in [3.63, 3.8) is 0 Å². The van der Waals surface area contributed by atoms with Crippen molar-refractivity contribution in [2.45, 2.75) is 13.5 Å². The first kappa shape index (κ1) is 21.6. The normalized spacial score (nSPS) is 11.3. The molecule has 4 aromatic rings. The fourth-order valence-electron chi connectivity index (χ4n) is 3.23. The number of imidazole rings is 1. The van der Waals surface area contributed by atoms with Gasteiger partial charge in [0.25, 0.3) is 5.56 Å². The molecule has 0 atom stereocenters. The number of nitrogens with zero attached hydrogens (tertiary/aromatic N) is 4. The van der Waals surface area contributed by atoms with Gasteiger partial charge in [0.05, 0.1) is 19.4 Å². The molecule has 2 aromatic carbocycles. The molecule has 164 valence electrons. The van der Waals surface area contributed by atoms with Gasteiger partial charge in [0.2, 0.25) is 5.95 Å². The Morgan fingerprint density at radius 2 is 1.88 bits per heavy atom. The summed E-state index contributed by atoms with van der Waals surface area (Å²) in [6.07, 6.45) is 1.64. The highest BCUT2D eigenvalue weighted by Gasteiger charge is 2.17. The van der Waals surface area contributed by atoms with Crippen LogP contribution in [0.4, 0.5) is 5.95 Å². The number of nitrogens with one attached hydrogen (secondary N) is 2. The SMILES string of the molecule is CCOc1ccc(/C=N\Nc2nc3c(c(=O)[nH]c(=O)n3C)n2Cc2ccc(Br)cc2)cc1. The minimum atomic E-state index is -0.528. The lowest BCUT2D eigenvalue weighted by atomic mass is 10.2. The summed E-state index contributed by atoms with van der Waals surface area (Å²) >= 11 is 3.42. The van der Waals surface area contributed by atoms with Crippen molar-refractivity contribution in [2.24, 2.45) is 12.1 Å². The maximum absolute atomic E-state index is 12.6. The Kier molecular flexibility index (Phi) is 6.22. The number of aryl methyl sites for hydroxylation is 1. The molecule has 9 nitrogen and oxygen atoms in total. The predicted octanol–water partition coefficient (Wildman–Crippen LogP) is 3.08.